The zero-order valence-electron chi connectivity index (χ0n) is 14.2. The molecule has 1 aromatic carbocycles. The highest BCUT2D eigenvalue weighted by Gasteiger charge is 2.21. The summed E-state index contributed by atoms with van der Waals surface area (Å²) in [6, 6.07) is 7.91. The van der Waals surface area contributed by atoms with E-state index in [2.05, 4.69) is 15.5 Å². The van der Waals surface area contributed by atoms with Gasteiger partial charge in [0.25, 0.3) is 0 Å². The Balaban J connectivity index is 1.84. The first kappa shape index (κ1) is 18.3. The van der Waals surface area contributed by atoms with Crippen LogP contribution in [0.15, 0.2) is 28.8 Å². The van der Waals surface area contributed by atoms with E-state index in [4.69, 9.17) is 4.52 Å². The van der Waals surface area contributed by atoms with E-state index in [9.17, 15) is 9.00 Å². The van der Waals surface area contributed by atoms with Crippen LogP contribution in [-0.2, 0) is 34.3 Å². The van der Waals surface area contributed by atoms with E-state index < -0.39 is 16.0 Å². The summed E-state index contributed by atoms with van der Waals surface area (Å²) in [6.07, 6.45) is 1.61. The van der Waals surface area contributed by atoms with Crippen molar-refractivity contribution in [2.24, 2.45) is 0 Å². The van der Waals surface area contributed by atoms with Crippen LogP contribution in [0.3, 0.4) is 0 Å². The average Bonchev–Trinajstić information content (AvgIpc) is 3.00. The molecule has 1 N–H and O–H groups in total. The van der Waals surface area contributed by atoms with Gasteiger partial charge in [-0.3, -0.25) is 9.00 Å². The average molecular weight is 349 g/mol. The van der Waals surface area contributed by atoms with E-state index in [-0.39, 0.29) is 11.7 Å². The molecule has 0 aliphatic carbocycles. The second kappa shape index (κ2) is 8.73. The summed E-state index contributed by atoms with van der Waals surface area (Å²) in [6.45, 7) is 6.09. The van der Waals surface area contributed by atoms with Crippen molar-refractivity contribution >= 4 is 16.7 Å². The molecule has 0 saturated heterocycles. The van der Waals surface area contributed by atoms with Gasteiger partial charge < -0.3 is 9.84 Å². The SMILES string of the molecule is CCCc1nc(C[S@@](=O)[C@@H](C)C(=O)NCc2ccc(C)cc2)no1. The molecule has 2 aromatic rings. The number of hydrogen-bond donors (Lipinski definition) is 1. The van der Waals surface area contributed by atoms with Gasteiger partial charge in [0, 0.05) is 23.8 Å². The van der Waals surface area contributed by atoms with Crippen LogP contribution in [0.25, 0.3) is 0 Å². The maximum absolute atomic E-state index is 12.3. The van der Waals surface area contributed by atoms with E-state index in [1.807, 2.05) is 38.1 Å². The van der Waals surface area contributed by atoms with Crippen LogP contribution in [0.1, 0.15) is 43.1 Å². The predicted octanol–water partition coefficient (Wildman–Crippen LogP) is 2.28. The van der Waals surface area contributed by atoms with Gasteiger partial charge in [-0.2, -0.15) is 4.98 Å². The molecule has 0 unspecified atom stereocenters. The molecule has 0 spiro atoms. The third kappa shape index (κ3) is 5.26. The Labute approximate surface area is 144 Å². The van der Waals surface area contributed by atoms with Crippen LogP contribution in [0, 0.1) is 6.92 Å². The van der Waals surface area contributed by atoms with Crippen molar-refractivity contribution in [1.82, 2.24) is 15.5 Å². The number of nitrogens with zero attached hydrogens (tertiary/aromatic N) is 2. The molecular weight excluding hydrogens is 326 g/mol. The molecule has 1 heterocycles. The lowest BCUT2D eigenvalue weighted by Gasteiger charge is -2.11. The van der Waals surface area contributed by atoms with Crippen molar-refractivity contribution in [2.45, 2.75) is 51.2 Å². The van der Waals surface area contributed by atoms with Crippen molar-refractivity contribution in [3.8, 4) is 0 Å². The number of rotatable bonds is 8. The van der Waals surface area contributed by atoms with Gasteiger partial charge in [-0.15, -0.1) is 0 Å². The lowest BCUT2D eigenvalue weighted by molar-refractivity contribution is -0.120. The number of amides is 1. The second-order valence-electron chi connectivity index (χ2n) is 5.73. The van der Waals surface area contributed by atoms with Crippen molar-refractivity contribution in [3.63, 3.8) is 0 Å². The Kier molecular flexibility index (Phi) is 6.66. The normalized spacial score (nSPS) is 13.5. The highest BCUT2D eigenvalue weighted by molar-refractivity contribution is 7.85. The van der Waals surface area contributed by atoms with E-state index in [0.29, 0.717) is 24.7 Å². The minimum atomic E-state index is -1.40. The molecule has 6 nitrogen and oxygen atoms in total. The lowest BCUT2D eigenvalue weighted by atomic mass is 10.1. The molecule has 0 fully saturated rings. The lowest BCUT2D eigenvalue weighted by Crippen LogP contribution is -2.35. The van der Waals surface area contributed by atoms with Crippen LogP contribution in [-0.4, -0.2) is 25.5 Å². The van der Waals surface area contributed by atoms with Crippen LogP contribution in [0.2, 0.25) is 0 Å². The van der Waals surface area contributed by atoms with E-state index in [1.165, 1.54) is 5.56 Å². The Morgan fingerprint density at radius 1 is 1.33 bits per heavy atom. The summed E-state index contributed by atoms with van der Waals surface area (Å²) in [5.74, 6) is 0.800. The zero-order chi connectivity index (χ0) is 17.5. The molecule has 2 rings (SSSR count). The molecule has 1 aromatic heterocycles. The highest BCUT2D eigenvalue weighted by atomic mass is 32.2. The Bertz CT molecular complexity index is 697. The third-order valence-electron chi connectivity index (χ3n) is 3.60. The first-order valence-corrected chi connectivity index (χ1v) is 9.39. The first-order chi connectivity index (χ1) is 11.5. The molecule has 0 aliphatic heterocycles. The molecule has 0 saturated carbocycles. The third-order valence-corrected chi connectivity index (χ3v) is 5.14. The number of nitrogens with one attached hydrogen (secondary N) is 1. The Morgan fingerprint density at radius 2 is 2.04 bits per heavy atom. The minimum Gasteiger partial charge on any atom is -0.351 e. The van der Waals surface area contributed by atoms with E-state index in [0.717, 1.165) is 12.0 Å². The predicted molar refractivity (Wildman–Crippen MR) is 92.6 cm³/mol. The maximum atomic E-state index is 12.3. The summed E-state index contributed by atoms with van der Waals surface area (Å²) in [5.41, 5.74) is 2.18. The van der Waals surface area contributed by atoms with Crippen molar-refractivity contribution in [3.05, 3.63) is 47.1 Å². The molecule has 7 heteroatoms. The number of hydrogen-bond acceptors (Lipinski definition) is 5. The van der Waals surface area contributed by atoms with Gasteiger partial charge in [-0.25, -0.2) is 0 Å². The highest BCUT2D eigenvalue weighted by Crippen LogP contribution is 2.08. The number of carbonyl (C=O) groups excluding carboxylic acids is 1. The molecule has 1 amide bonds. The van der Waals surface area contributed by atoms with Gasteiger partial charge >= 0.3 is 0 Å². The largest absolute Gasteiger partial charge is 0.351 e. The van der Waals surface area contributed by atoms with Gasteiger partial charge in [0.2, 0.25) is 11.8 Å². The summed E-state index contributed by atoms with van der Waals surface area (Å²) < 4.78 is 17.4. The topological polar surface area (TPSA) is 85.1 Å². The van der Waals surface area contributed by atoms with Crippen molar-refractivity contribution in [1.29, 1.82) is 0 Å². The smallest absolute Gasteiger partial charge is 0.235 e. The summed E-state index contributed by atoms with van der Waals surface area (Å²) in [4.78, 5) is 16.3. The molecule has 0 aliphatic rings. The molecule has 2 atom stereocenters. The van der Waals surface area contributed by atoms with Gasteiger partial charge in [0.1, 0.15) is 5.25 Å². The fourth-order valence-corrected chi connectivity index (χ4v) is 3.02. The van der Waals surface area contributed by atoms with Gasteiger partial charge in [0.15, 0.2) is 5.82 Å². The van der Waals surface area contributed by atoms with Crippen LogP contribution < -0.4 is 5.32 Å². The number of carbonyl (C=O) groups is 1. The van der Waals surface area contributed by atoms with Gasteiger partial charge in [0.05, 0.1) is 5.75 Å². The number of aryl methyl sites for hydroxylation is 2. The first-order valence-electron chi connectivity index (χ1n) is 8.01. The molecule has 0 radical (unpaired) electrons. The molecule has 0 bridgehead atoms. The van der Waals surface area contributed by atoms with Gasteiger partial charge in [-0.1, -0.05) is 41.9 Å². The summed E-state index contributed by atoms with van der Waals surface area (Å²) >= 11 is 0. The molecular formula is C17H23N3O3S. The quantitative estimate of drug-likeness (QED) is 0.790. The zero-order valence-corrected chi connectivity index (χ0v) is 15.1. The number of benzene rings is 1. The monoisotopic (exact) mass is 349 g/mol. The fourth-order valence-electron chi connectivity index (χ4n) is 2.07. The standard InChI is InChI=1S/C17H23N3O3S/c1-4-5-16-19-15(20-23-16)11-24(22)13(3)17(21)18-10-14-8-6-12(2)7-9-14/h6-9,13H,4-5,10-11H2,1-3H3,(H,18,21)/t13-,24+/m0/s1. The number of aromatic nitrogens is 2. The Morgan fingerprint density at radius 3 is 2.71 bits per heavy atom. The summed E-state index contributed by atoms with van der Waals surface area (Å²) in [7, 11) is -1.40. The van der Waals surface area contributed by atoms with E-state index in [1.54, 1.807) is 6.92 Å². The minimum absolute atomic E-state index is 0.117. The fraction of sp³-hybridized carbons (Fsp3) is 0.471. The molecule has 24 heavy (non-hydrogen) atoms. The van der Waals surface area contributed by atoms with Crippen molar-refractivity contribution in [2.75, 3.05) is 0 Å². The second-order valence-corrected chi connectivity index (χ2v) is 7.48. The van der Waals surface area contributed by atoms with Crippen LogP contribution >= 0.6 is 0 Å². The van der Waals surface area contributed by atoms with E-state index >= 15 is 0 Å². The maximum Gasteiger partial charge on any atom is 0.235 e. The summed E-state index contributed by atoms with van der Waals surface area (Å²) in [5, 5.41) is 5.99. The Hall–Kier alpha value is -2.02. The van der Waals surface area contributed by atoms with Crippen molar-refractivity contribution < 1.29 is 13.5 Å². The molecule has 130 valence electrons. The van der Waals surface area contributed by atoms with Crippen LogP contribution in [0.5, 0.6) is 0 Å². The van der Waals surface area contributed by atoms with Gasteiger partial charge in [-0.05, 0) is 25.8 Å². The van der Waals surface area contributed by atoms with Crippen LogP contribution in [0.4, 0.5) is 0 Å².